The van der Waals surface area contributed by atoms with Crippen molar-refractivity contribution in [3.63, 3.8) is 0 Å². The number of hydrogen-bond acceptors (Lipinski definition) is 3. The topological polar surface area (TPSA) is 42.2 Å². The van der Waals surface area contributed by atoms with Gasteiger partial charge in [-0.1, -0.05) is 0 Å². The number of unbranched alkanes of at least 4 members (excludes halogenated alkanes) is 2. The fraction of sp³-hybridized carbons (Fsp3) is 0.667. The van der Waals surface area contributed by atoms with E-state index in [1.54, 1.807) is 0 Å². The Morgan fingerprint density at radius 2 is 2.33 bits per heavy atom. The maximum absolute atomic E-state index is 8.32. The summed E-state index contributed by atoms with van der Waals surface area (Å²) < 4.78 is 11.0. The van der Waals surface area contributed by atoms with Crippen molar-refractivity contribution in [2.45, 2.75) is 45.0 Å². The molecule has 1 saturated heterocycles. The molecule has 3 heteroatoms. The van der Waals surface area contributed by atoms with Crippen LogP contribution in [0.3, 0.4) is 0 Å². The molecule has 0 aromatic heterocycles. The van der Waals surface area contributed by atoms with Crippen LogP contribution in [0.25, 0.3) is 0 Å². The SMILES string of the molecule is CC1(C)OC[C@H](C=C=CCCCC#N)O1. The molecule has 1 aliphatic rings. The largest absolute Gasteiger partial charge is 0.347 e. The average Bonchev–Trinajstić information content (AvgIpc) is 2.52. The van der Waals surface area contributed by atoms with Crippen LogP contribution in [-0.2, 0) is 9.47 Å². The van der Waals surface area contributed by atoms with Crippen LogP contribution in [0.1, 0.15) is 33.1 Å². The van der Waals surface area contributed by atoms with Gasteiger partial charge in [-0.15, -0.1) is 5.73 Å². The minimum Gasteiger partial charge on any atom is -0.347 e. The molecule has 15 heavy (non-hydrogen) atoms. The van der Waals surface area contributed by atoms with E-state index in [0.29, 0.717) is 13.0 Å². The molecule has 0 spiro atoms. The lowest BCUT2D eigenvalue weighted by atomic mass is 10.2. The minimum absolute atomic E-state index is 0.00668. The van der Waals surface area contributed by atoms with Gasteiger partial charge in [-0.25, -0.2) is 0 Å². The first-order valence-corrected chi connectivity index (χ1v) is 5.24. The van der Waals surface area contributed by atoms with E-state index in [2.05, 4.69) is 11.8 Å². The fourth-order valence-electron chi connectivity index (χ4n) is 1.34. The van der Waals surface area contributed by atoms with Gasteiger partial charge in [0, 0.05) is 6.42 Å². The van der Waals surface area contributed by atoms with Gasteiger partial charge in [-0.3, -0.25) is 0 Å². The lowest BCUT2D eigenvalue weighted by molar-refractivity contribution is -0.133. The third kappa shape index (κ3) is 4.80. The first kappa shape index (κ1) is 12.0. The summed E-state index contributed by atoms with van der Waals surface area (Å²) in [6, 6.07) is 2.11. The number of nitrogens with zero attached hydrogens (tertiary/aromatic N) is 1. The molecule has 3 nitrogen and oxygen atoms in total. The maximum Gasteiger partial charge on any atom is 0.163 e. The normalized spacial score (nSPS) is 22.9. The van der Waals surface area contributed by atoms with Crippen molar-refractivity contribution >= 4 is 0 Å². The first-order chi connectivity index (χ1) is 7.14. The highest BCUT2D eigenvalue weighted by molar-refractivity contribution is 4.93. The van der Waals surface area contributed by atoms with Gasteiger partial charge in [-0.05, 0) is 38.8 Å². The highest BCUT2D eigenvalue weighted by Crippen LogP contribution is 2.22. The molecule has 1 atom stereocenters. The molecule has 0 amide bonds. The lowest BCUT2D eigenvalue weighted by Crippen LogP contribution is -2.20. The van der Waals surface area contributed by atoms with Crippen LogP contribution in [0.15, 0.2) is 17.9 Å². The van der Waals surface area contributed by atoms with Crippen LogP contribution in [0, 0.1) is 11.3 Å². The second kappa shape index (κ2) is 5.72. The van der Waals surface area contributed by atoms with E-state index >= 15 is 0 Å². The van der Waals surface area contributed by atoms with E-state index in [4.69, 9.17) is 14.7 Å². The molecule has 0 radical (unpaired) electrons. The van der Waals surface area contributed by atoms with Gasteiger partial charge >= 0.3 is 0 Å². The van der Waals surface area contributed by atoms with Crippen LogP contribution in [0.4, 0.5) is 0 Å². The van der Waals surface area contributed by atoms with E-state index in [1.807, 2.05) is 26.0 Å². The third-order valence-corrected chi connectivity index (χ3v) is 2.07. The molecule has 1 fully saturated rings. The van der Waals surface area contributed by atoms with Crippen molar-refractivity contribution in [2.75, 3.05) is 6.61 Å². The van der Waals surface area contributed by atoms with E-state index in [0.717, 1.165) is 12.8 Å². The van der Waals surface area contributed by atoms with Crippen LogP contribution in [-0.4, -0.2) is 18.5 Å². The Kier molecular flexibility index (Phi) is 4.58. The molecular weight excluding hydrogens is 190 g/mol. The standard InChI is InChI=1S/C12H17NO2/c1-12(2)14-10-11(15-12)8-6-4-3-5-7-9-13/h4,8,11H,3,5,7,10H2,1-2H3/t6?,11-/m0/s1. The van der Waals surface area contributed by atoms with Gasteiger partial charge in [-0.2, -0.15) is 5.26 Å². The Morgan fingerprint density at radius 1 is 1.53 bits per heavy atom. The molecule has 0 aromatic rings. The third-order valence-electron chi connectivity index (χ3n) is 2.07. The van der Waals surface area contributed by atoms with Gasteiger partial charge in [0.1, 0.15) is 6.10 Å². The van der Waals surface area contributed by atoms with Crippen molar-refractivity contribution in [3.05, 3.63) is 17.9 Å². The summed E-state index contributed by atoms with van der Waals surface area (Å²) >= 11 is 0. The second-order valence-corrected chi connectivity index (χ2v) is 3.95. The summed E-state index contributed by atoms with van der Waals surface area (Å²) in [6.45, 7) is 4.39. The Hall–Kier alpha value is -1.07. The van der Waals surface area contributed by atoms with Gasteiger partial charge in [0.05, 0.1) is 12.7 Å². The summed E-state index contributed by atoms with van der Waals surface area (Å²) in [4.78, 5) is 0. The average molecular weight is 207 g/mol. The molecule has 0 N–H and O–H groups in total. The Bertz CT molecular complexity index is 295. The molecule has 0 bridgehead atoms. The summed E-state index contributed by atoms with van der Waals surface area (Å²) in [5, 5.41) is 8.32. The molecular formula is C12H17NO2. The highest BCUT2D eigenvalue weighted by atomic mass is 16.7. The van der Waals surface area contributed by atoms with Gasteiger partial charge < -0.3 is 9.47 Å². The van der Waals surface area contributed by atoms with Crippen LogP contribution in [0.5, 0.6) is 0 Å². The number of hydrogen-bond donors (Lipinski definition) is 0. The van der Waals surface area contributed by atoms with Crippen LogP contribution in [0.2, 0.25) is 0 Å². The summed E-state index contributed by atoms with van der Waals surface area (Å²) in [5.74, 6) is -0.469. The van der Waals surface area contributed by atoms with Gasteiger partial charge in [0.2, 0.25) is 0 Å². The summed E-state index contributed by atoms with van der Waals surface area (Å²) in [7, 11) is 0. The molecule has 0 aliphatic carbocycles. The molecule has 0 saturated carbocycles. The lowest BCUT2D eigenvalue weighted by Gasteiger charge is -2.15. The zero-order valence-electron chi connectivity index (χ0n) is 9.32. The predicted octanol–water partition coefficient (Wildman–Crippen LogP) is 2.54. The minimum atomic E-state index is -0.469. The van der Waals surface area contributed by atoms with Crippen LogP contribution >= 0.6 is 0 Å². The predicted molar refractivity (Wildman–Crippen MR) is 57.0 cm³/mol. The molecule has 1 rings (SSSR count). The Labute approximate surface area is 91.0 Å². The van der Waals surface area contributed by atoms with Crippen molar-refractivity contribution < 1.29 is 9.47 Å². The zero-order valence-corrected chi connectivity index (χ0v) is 9.32. The molecule has 82 valence electrons. The maximum atomic E-state index is 8.32. The quantitative estimate of drug-likeness (QED) is 0.525. The van der Waals surface area contributed by atoms with Crippen molar-refractivity contribution in [3.8, 4) is 6.07 Å². The smallest absolute Gasteiger partial charge is 0.163 e. The monoisotopic (exact) mass is 207 g/mol. The molecule has 0 unspecified atom stereocenters. The fourth-order valence-corrected chi connectivity index (χ4v) is 1.34. The van der Waals surface area contributed by atoms with Gasteiger partial charge in [0.25, 0.3) is 0 Å². The number of nitriles is 1. The van der Waals surface area contributed by atoms with Crippen molar-refractivity contribution in [1.82, 2.24) is 0 Å². The Morgan fingerprint density at radius 3 is 2.93 bits per heavy atom. The number of rotatable bonds is 4. The van der Waals surface area contributed by atoms with E-state index in [9.17, 15) is 0 Å². The second-order valence-electron chi connectivity index (χ2n) is 3.95. The number of ether oxygens (including phenoxy) is 2. The van der Waals surface area contributed by atoms with E-state index < -0.39 is 5.79 Å². The van der Waals surface area contributed by atoms with E-state index in [1.165, 1.54) is 0 Å². The van der Waals surface area contributed by atoms with Crippen molar-refractivity contribution in [1.29, 1.82) is 5.26 Å². The van der Waals surface area contributed by atoms with Crippen molar-refractivity contribution in [2.24, 2.45) is 0 Å². The molecule has 1 heterocycles. The summed E-state index contributed by atoms with van der Waals surface area (Å²) in [6.07, 6.45) is 6.21. The van der Waals surface area contributed by atoms with E-state index in [-0.39, 0.29) is 6.10 Å². The first-order valence-electron chi connectivity index (χ1n) is 5.24. The highest BCUT2D eigenvalue weighted by Gasteiger charge is 2.30. The molecule has 1 aliphatic heterocycles. The Balaban J connectivity index is 2.24. The van der Waals surface area contributed by atoms with Gasteiger partial charge in [0.15, 0.2) is 5.79 Å². The summed E-state index contributed by atoms with van der Waals surface area (Å²) in [5.41, 5.74) is 3.06. The van der Waals surface area contributed by atoms with Crippen LogP contribution < -0.4 is 0 Å². The zero-order chi connectivity index (χ0) is 11.1. The molecule has 0 aromatic carbocycles.